The number of carbonyl (C=O) groups is 2. The molecule has 3 aromatic heterocycles. The van der Waals surface area contributed by atoms with Gasteiger partial charge in [0.1, 0.15) is 29.5 Å². The largest absolute Gasteiger partial charge is 0.480 e. The van der Waals surface area contributed by atoms with Gasteiger partial charge in [-0.3, -0.25) is 9.59 Å². The SMILES string of the molecule is COc1ncc(-c2cc(C(F)(F)F)c3c(N)ncnn23)cc1C(=O)N(C)C1CN(C(=O)C(C)C(F)(F)F)CC1F. The Kier molecular flexibility index (Phi) is 7.27. The lowest BCUT2D eigenvalue weighted by Crippen LogP contribution is -2.44. The molecule has 1 fully saturated rings. The van der Waals surface area contributed by atoms with Gasteiger partial charge >= 0.3 is 12.4 Å². The molecular formula is C23H22F7N7O3. The van der Waals surface area contributed by atoms with Crippen molar-refractivity contribution in [3.8, 4) is 17.1 Å². The quantitative estimate of drug-likeness (QED) is 0.463. The molecule has 40 heavy (non-hydrogen) atoms. The summed E-state index contributed by atoms with van der Waals surface area (Å²) >= 11 is 0. The van der Waals surface area contributed by atoms with Crippen molar-refractivity contribution in [3.05, 3.63) is 35.8 Å². The summed E-state index contributed by atoms with van der Waals surface area (Å²) in [6.07, 6.45) is -9.46. The normalized spacial score (nSPS) is 18.7. The number of fused-ring (bicyclic) bond motifs is 1. The highest BCUT2D eigenvalue weighted by Gasteiger charge is 2.47. The topological polar surface area (TPSA) is 119 Å². The Morgan fingerprint density at radius 1 is 1.15 bits per heavy atom. The van der Waals surface area contributed by atoms with E-state index in [1.807, 2.05) is 0 Å². The third-order valence-electron chi connectivity index (χ3n) is 6.67. The number of likely N-dealkylation sites (N-methyl/N-ethyl adjacent to an activating group) is 1. The summed E-state index contributed by atoms with van der Waals surface area (Å²) in [4.78, 5) is 34.8. The molecule has 216 valence electrons. The minimum atomic E-state index is -4.83. The first-order valence-electron chi connectivity index (χ1n) is 11.6. The molecule has 0 bridgehead atoms. The first kappa shape index (κ1) is 28.8. The van der Waals surface area contributed by atoms with Gasteiger partial charge in [0.05, 0.1) is 31.0 Å². The molecule has 2 N–H and O–H groups in total. The molecule has 1 aliphatic heterocycles. The summed E-state index contributed by atoms with van der Waals surface area (Å²) in [5, 5.41) is 3.84. The molecule has 0 spiro atoms. The number of hydrogen-bond donors (Lipinski definition) is 1. The van der Waals surface area contributed by atoms with Crippen molar-refractivity contribution < 1.29 is 45.1 Å². The Morgan fingerprint density at radius 2 is 1.82 bits per heavy atom. The van der Waals surface area contributed by atoms with Gasteiger partial charge in [0.15, 0.2) is 5.82 Å². The number of halogens is 7. The Labute approximate surface area is 221 Å². The smallest absolute Gasteiger partial charge is 0.418 e. The molecule has 4 heterocycles. The second-order valence-corrected chi connectivity index (χ2v) is 9.13. The molecule has 3 aromatic rings. The van der Waals surface area contributed by atoms with E-state index in [9.17, 15) is 40.3 Å². The zero-order chi connectivity index (χ0) is 29.7. The maximum absolute atomic E-state index is 14.9. The number of ether oxygens (including phenoxy) is 1. The zero-order valence-corrected chi connectivity index (χ0v) is 21.1. The first-order chi connectivity index (χ1) is 18.6. The van der Waals surface area contributed by atoms with Crippen LogP contribution in [0.4, 0.5) is 36.6 Å². The number of amides is 2. The van der Waals surface area contributed by atoms with E-state index < -0.39 is 72.3 Å². The van der Waals surface area contributed by atoms with Crippen LogP contribution in [0, 0.1) is 5.92 Å². The van der Waals surface area contributed by atoms with E-state index in [-0.39, 0.29) is 22.7 Å². The molecule has 3 atom stereocenters. The van der Waals surface area contributed by atoms with E-state index in [1.165, 1.54) is 14.2 Å². The second kappa shape index (κ2) is 10.1. The van der Waals surface area contributed by atoms with Gasteiger partial charge in [-0.2, -0.15) is 31.4 Å². The minimum Gasteiger partial charge on any atom is -0.480 e. The van der Waals surface area contributed by atoms with Crippen LogP contribution >= 0.6 is 0 Å². The van der Waals surface area contributed by atoms with Crippen LogP contribution in [-0.2, 0) is 11.0 Å². The number of pyridine rings is 1. The minimum absolute atomic E-state index is 0.0137. The van der Waals surface area contributed by atoms with Crippen LogP contribution < -0.4 is 10.5 Å². The van der Waals surface area contributed by atoms with Gasteiger partial charge in [0.2, 0.25) is 11.8 Å². The molecule has 0 aliphatic carbocycles. The Morgan fingerprint density at radius 3 is 2.42 bits per heavy atom. The van der Waals surface area contributed by atoms with E-state index >= 15 is 0 Å². The number of hydrogen-bond acceptors (Lipinski definition) is 7. The van der Waals surface area contributed by atoms with Crippen LogP contribution in [-0.4, -0.2) is 86.8 Å². The van der Waals surface area contributed by atoms with E-state index in [0.29, 0.717) is 11.8 Å². The van der Waals surface area contributed by atoms with Crippen molar-refractivity contribution in [1.29, 1.82) is 0 Å². The fourth-order valence-electron chi connectivity index (χ4n) is 4.44. The summed E-state index contributed by atoms with van der Waals surface area (Å²) in [5.41, 5.74) is 3.57. The van der Waals surface area contributed by atoms with Crippen LogP contribution in [0.5, 0.6) is 5.88 Å². The average Bonchev–Trinajstić information content (AvgIpc) is 3.48. The van der Waals surface area contributed by atoms with Gasteiger partial charge < -0.3 is 20.3 Å². The van der Waals surface area contributed by atoms with Gasteiger partial charge in [-0.25, -0.2) is 18.9 Å². The van der Waals surface area contributed by atoms with Crippen LogP contribution in [0.15, 0.2) is 24.7 Å². The summed E-state index contributed by atoms with van der Waals surface area (Å²) in [5.74, 6) is -5.29. The number of nitrogens with two attached hydrogens (primary N) is 1. The molecule has 0 radical (unpaired) electrons. The number of carbonyl (C=O) groups excluding carboxylic acids is 2. The van der Waals surface area contributed by atoms with Crippen molar-refractivity contribution in [3.63, 3.8) is 0 Å². The van der Waals surface area contributed by atoms with E-state index in [4.69, 9.17) is 10.5 Å². The number of methoxy groups -OCH3 is 1. The van der Waals surface area contributed by atoms with Crippen molar-refractivity contribution >= 4 is 23.1 Å². The molecule has 2 amide bonds. The van der Waals surface area contributed by atoms with Gasteiger partial charge in [-0.15, -0.1) is 0 Å². The molecule has 4 rings (SSSR count). The maximum atomic E-state index is 14.9. The fraction of sp³-hybridized carbons (Fsp3) is 0.435. The number of alkyl halides is 7. The van der Waals surface area contributed by atoms with Crippen molar-refractivity contribution in [2.24, 2.45) is 5.92 Å². The zero-order valence-electron chi connectivity index (χ0n) is 21.1. The number of nitrogens with zero attached hydrogens (tertiary/aromatic N) is 6. The molecule has 17 heteroatoms. The van der Waals surface area contributed by atoms with E-state index in [2.05, 4.69) is 15.1 Å². The summed E-state index contributed by atoms with van der Waals surface area (Å²) in [6.45, 7) is -0.505. The highest BCUT2D eigenvalue weighted by atomic mass is 19.4. The molecule has 0 aromatic carbocycles. The molecule has 10 nitrogen and oxygen atoms in total. The van der Waals surface area contributed by atoms with Crippen LogP contribution in [0.2, 0.25) is 0 Å². The summed E-state index contributed by atoms with van der Waals surface area (Å²) < 4.78 is 101. The maximum Gasteiger partial charge on any atom is 0.418 e. The number of rotatable bonds is 5. The van der Waals surface area contributed by atoms with Gasteiger partial charge in [0.25, 0.3) is 5.91 Å². The lowest BCUT2D eigenvalue weighted by Gasteiger charge is -2.27. The highest BCUT2D eigenvalue weighted by molar-refractivity contribution is 5.98. The number of anilines is 1. The number of likely N-dealkylation sites (tertiary alicyclic amines) is 1. The van der Waals surface area contributed by atoms with Crippen LogP contribution in [0.1, 0.15) is 22.8 Å². The Hall–Kier alpha value is -4.18. The number of aromatic nitrogens is 4. The summed E-state index contributed by atoms with van der Waals surface area (Å²) in [7, 11) is 2.35. The monoisotopic (exact) mass is 577 g/mol. The predicted molar refractivity (Wildman–Crippen MR) is 125 cm³/mol. The lowest BCUT2D eigenvalue weighted by molar-refractivity contribution is -0.185. The van der Waals surface area contributed by atoms with Crippen molar-refractivity contribution in [2.75, 3.05) is 33.0 Å². The molecular weight excluding hydrogens is 555 g/mol. The third-order valence-corrected chi connectivity index (χ3v) is 6.67. The van der Waals surface area contributed by atoms with Crippen molar-refractivity contribution in [2.45, 2.75) is 31.5 Å². The second-order valence-electron chi connectivity index (χ2n) is 9.13. The standard InChI is InChI=1S/C23H22F7N7O3/c1-10(22(25,26)27)20(38)36-7-14(24)16(8-36)35(2)21(39)12-4-11(6-32-19(12)40-3)15-5-13(23(28,29)30)17-18(31)33-9-34-37(15)17/h4-6,9-10,14,16H,7-8H2,1-3H3,(H2,31,33,34). The third kappa shape index (κ3) is 5.06. The van der Waals surface area contributed by atoms with Crippen molar-refractivity contribution in [1.82, 2.24) is 29.4 Å². The fourth-order valence-corrected chi connectivity index (χ4v) is 4.44. The van der Waals surface area contributed by atoms with E-state index in [1.54, 1.807) is 0 Å². The summed E-state index contributed by atoms with van der Waals surface area (Å²) in [6, 6.07) is 0.590. The average molecular weight is 577 g/mol. The predicted octanol–water partition coefficient (Wildman–Crippen LogP) is 3.22. The molecule has 1 saturated heterocycles. The molecule has 1 aliphatic rings. The first-order valence-corrected chi connectivity index (χ1v) is 11.6. The van der Waals surface area contributed by atoms with E-state index in [0.717, 1.165) is 34.1 Å². The highest BCUT2D eigenvalue weighted by Crippen LogP contribution is 2.39. The Balaban J connectivity index is 1.69. The molecule has 0 saturated carbocycles. The van der Waals surface area contributed by atoms with Crippen LogP contribution in [0.3, 0.4) is 0 Å². The van der Waals surface area contributed by atoms with Gasteiger partial charge in [0, 0.05) is 25.4 Å². The molecule has 3 unspecified atom stereocenters. The lowest BCUT2D eigenvalue weighted by atomic mass is 10.1. The van der Waals surface area contributed by atoms with Gasteiger partial charge in [-0.1, -0.05) is 0 Å². The number of nitrogen functional groups attached to an aromatic ring is 1. The van der Waals surface area contributed by atoms with Gasteiger partial charge in [-0.05, 0) is 19.1 Å². The Bertz CT molecular complexity index is 1460. The van der Waals surface area contributed by atoms with Crippen LogP contribution in [0.25, 0.3) is 16.8 Å².